The average Bonchev–Trinajstić information content (AvgIpc) is 2.08. The van der Waals surface area contributed by atoms with Gasteiger partial charge in [-0.25, -0.2) is 0 Å². The number of carbonyl (C=O) groups excluding carboxylic acids is 1. The molecule has 2 unspecified atom stereocenters. The summed E-state index contributed by atoms with van der Waals surface area (Å²) in [5, 5.41) is 9.31. The van der Waals surface area contributed by atoms with E-state index in [9.17, 15) is 9.90 Å². The Balaban J connectivity index is 2.60. The summed E-state index contributed by atoms with van der Waals surface area (Å²) >= 11 is 0. The maximum atomic E-state index is 10.8. The molecule has 1 aliphatic rings. The molecule has 0 aromatic carbocycles. The van der Waals surface area contributed by atoms with Gasteiger partial charge in [0.2, 0.25) is 6.41 Å². The minimum Gasteiger partial charge on any atom is -0.393 e. The molecule has 1 N–H and O–H groups in total. The second-order valence-electron chi connectivity index (χ2n) is 4.44. The lowest BCUT2D eigenvalue weighted by atomic mass is 9.96. The zero-order valence-electron chi connectivity index (χ0n) is 9.06. The van der Waals surface area contributed by atoms with Gasteiger partial charge in [-0.2, -0.15) is 0 Å². The van der Waals surface area contributed by atoms with Crippen molar-refractivity contribution in [2.45, 2.75) is 44.9 Å². The molecule has 0 saturated carbocycles. The highest BCUT2D eigenvalue weighted by Crippen LogP contribution is 2.24. The van der Waals surface area contributed by atoms with Gasteiger partial charge in [0.1, 0.15) is 0 Å². The lowest BCUT2D eigenvalue weighted by Crippen LogP contribution is -2.54. The van der Waals surface area contributed by atoms with Crippen LogP contribution in [0.25, 0.3) is 0 Å². The maximum Gasteiger partial charge on any atom is 0.210 e. The summed E-state index contributed by atoms with van der Waals surface area (Å²) in [5.41, 5.74) is -0.401. The van der Waals surface area contributed by atoms with Crippen LogP contribution >= 0.6 is 0 Å². The van der Waals surface area contributed by atoms with Crippen molar-refractivity contribution in [1.82, 2.24) is 4.90 Å². The van der Waals surface area contributed by atoms with E-state index in [4.69, 9.17) is 4.74 Å². The molecule has 1 rings (SSSR count). The van der Waals surface area contributed by atoms with E-state index in [0.717, 1.165) is 6.41 Å². The molecule has 3 atom stereocenters. The predicted octanol–water partition coefficient (Wildman–Crippen LogP) is 0.393. The van der Waals surface area contributed by atoms with Crippen LogP contribution in [0.3, 0.4) is 0 Å². The van der Waals surface area contributed by atoms with Crippen LogP contribution in [0.15, 0.2) is 0 Å². The van der Waals surface area contributed by atoms with Gasteiger partial charge >= 0.3 is 0 Å². The molecule has 1 aliphatic heterocycles. The highest BCUT2D eigenvalue weighted by Gasteiger charge is 2.35. The molecule has 0 bridgehead atoms. The molecule has 4 nitrogen and oxygen atoms in total. The molecule has 0 aromatic heterocycles. The van der Waals surface area contributed by atoms with Gasteiger partial charge in [-0.15, -0.1) is 0 Å². The maximum absolute atomic E-state index is 10.8. The second kappa shape index (κ2) is 4.28. The standard InChI is InChI=1S/C10H19NO3/c1-8-5-14-10(3,4-9(2)13)6-11(8)7-12/h7-9,13H,4-6H2,1-3H3/t8-,9?,10?/m1/s1. The van der Waals surface area contributed by atoms with E-state index in [1.807, 2.05) is 13.8 Å². The molecule has 0 aromatic rings. The first-order valence-corrected chi connectivity index (χ1v) is 5.00. The fraction of sp³-hybridized carbons (Fsp3) is 0.900. The normalized spacial score (nSPS) is 35.4. The number of carbonyl (C=O) groups is 1. The Morgan fingerprint density at radius 2 is 2.43 bits per heavy atom. The van der Waals surface area contributed by atoms with E-state index in [-0.39, 0.29) is 6.04 Å². The van der Waals surface area contributed by atoms with Crippen molar-refractivity contribution in [3.05, 3.63) is 0 Å². The van der Waals surface area contributed by atoms with E-state index in [0.29, 0.717) is 19.6 Å². The quantitative estimate of drug-likeness (QED) is 0.672. The molecular formula is C10H19NO3. The molecule has 0 aliphatic carbocycles. The SMILES string of the molecule is CC(O)CC1(C)CN(C=O)[C@H](C)CO1. The van der Waals surface area contributed by atoms with E-state index in [2.05, 4.69) is 0 Å². The Bertz CT molecular complexity index is 208. The Kier molecular flexibility index (Phi) is 3.50. The molecular weight excluding hydrogens is 182 g/mol. The molecule has 0 spiro atoms. The van der Waals surface area contributed by atoms with Crippen LogP contribution in [0.4, 0.5) is 0 Å². The van der Waals surface area contributed by atoms with Crippen molar-refractivity contribution in [2.75, 3.05) is 13.2 Å². The lowest BCUT2D eigenvalue weighted by Gasteiger charge is -2.43. The van der Waals surface area contributed by atoms with Crippen molar-refractivity contribution in [2.24, 2.45) is 0 Å². The van der Waals surface area contributed by atoms with Gasteiger partial charge < -0.3 is 14.7 Å². The number of aliphatic hydroxyl groups excluding tert-OH is 1. The molecule has 1 heterocycles. The topological polar surface area (TPSA) is 49.8 Å². The third kappa shape index (κ3) is 2.69. The Morgan fingerprint density at radius 3 is 2.93 bits per heavy atom. The van der Waals surface area contributed by atoms with Crippen LogP contribution in [0.2, 0.25) is 0 Å². The van der Waals surface area contributed by atoms with Gasteiger partial charge in [0.25, 0.3) is 0 Å². The minimum atomic E-state index is -0.401. The largest absolute Gasteiger partial charge is 0.393 e. The van der Waals surface area contributed by atoms with Crippen molar-refractivity contribution in [3.8, 4) is 0 Å². The highest BCUT2D eigenvalue weighted by atomic mass is 16.5. The Hall–Kier alpha value is -0.610. The number of amides is 1. The summed E-state index contributed by atoms with van der Waals surface area (Å²) in [5.74, 6) is 0. The first kappa shape index (κ1) is 11.5. The van der Waals surface area contributed by atoms with Crippen molar-refractivity contribution in [1.29, 1.82) is 0 Å². The van der Waals surface area contributed by atoms with Crippen molar-refractivity contribution in [3.63, 3.8) is 0 Å². The smallest absolute Gasteiger partial charge is 0.210 e. The molecule has 1 saturated heterocycles. The molecule has 4 heteroatoms. The van der Waals surface area contributed by atoms with Crippen LogP contribution in [0.5, 0.6) is 0 Å². The Labute approximate surface area is 84.8 Å². The van der Waals surface area contributed by atoms with E-state index in [1.54, 1.807) is 11.8 Å². The zero-order chi connectivity index (χ0) is 10.8. The van der Waals surface area contributed by atoms with E-state index >= 15 is 0 Å². The molecule has 82 valence electrons. The van der Waals surface area contributed by atoms with Gasteiger partial charge in [0.05, 0.1) is 24.4 Å². The van der Waals surface area contributed by atoms with Crippen LogP contribution < -0.4 is 0 Å². The van der Waals surface area contributed by atoms with Crippen LogP contribution in [0, 0.1) is 0 Å². The second-order valence-corrected chi connectivity index (χ2v) is 4.44. The number of ether oxygens (including phenoxy) is 1. The fourth-order valence-electron chi connectivity index (χ4n) is 1.89. The van der Waals surface area contributed by atoms with Gasteiger partial charge in [0, 0.05) is 13.0 Å². The number of nitrogens with zero attached hydrogens (tertiary/aromatic N) is 1. The monoisotopic (exact) mass is 201 g/mol. The van der Waals surface area contributed by atoms with Crippen molar-refractivity contribution < 1.29 is 14.6 Å². The fourth-order valence-corrected chi connectivity index (χ4v) is 1.89. The third-order valence-electron chi connectivity index (χ3n) is 2.62. The number of morpholine rings is 1. The summed E-state index contributed by atoms with van der Waals surface area (Å²) in [4.78, 5) is 12.5. The highest BCUT2D eigenvalue weighted by molar-refractivity contribution is 5.48. The van der Waals surface area contributed by atoms with Crippen LogP contribution in [-0.2, 0) is 9.53 Å². The van der Waals surface area contributed by atoms with Gasteiger partial charge in [-0.3, -0.25) is 4.79 Å². The van der Waals surface area contributed by atoms with E-state index in [1.165, 1.54) is 0 Å². The molecule has 1 fully saturated rings. The number of hydrogen-bond donors (Lipinski definition) is 1. The zero-order valence-corrected chi connectivity index (χ0v) is 9.06. The van der Waals surface area contributed by atoms with Gasteiger partial charge in [-0.05, 0) is 20.8 Å². The van der Waals surface area contributed by atoms with E-state index < -0.39 is 11.7 Å². The number of hydrogen-bond acceptors (Lipinski definition) is 3. The third-order valence-corrected chi connectivity index (χ3v) is 2.62. The van der Waals surface area contributed by atoms with Gasteiger partial charge in [-0.1, -0.05) is 0 Å². The molecule has 0 radical (unpaired) electrons. The summed E-state index contributed by atoms with van der Waals surface area (Å²) in [6.07, 6.45) is 1.01. The average molecular weight is 201 g/mol. The lowest BCUT2D eigenvalue weighted by molar-refractivity contribution is -0.151. The molecule has 14 heavy (non-hydrogen) atoms. The summed E-state index contributed by atoms with van der Waals surface area (Å²) in [6, 6.07) is 0.134. The van der Waals surface area contributed by atoms with Crippen molar-refractivity contribution >= 4 is 6.41 Å². The number of aliphatic hydroxyl groups is 1. The number of rotatable bonds is 3. The minimum absolute atomic E-state index is 0.134. The van der Waals surface area contributed by atoms with Gasteiger partial charge in [0.15, 0.2) is 0 Å². The first-order valence-electron chi connectivity index (χ1n) is 5.00. The summed E-state index contributed by atoms with van der Waals surface area (Å²) in [6.45, 7) is 6.72. The van der Waals surface area contributed by atoms with Crippen LogP contribution in [-0.4, -0.2) is 47.3 Å². The summed E-state index contributed by atoms with van der Waals surface area (Å²) in [7, 11) is 0. The summed E-state index contributed by atoms with van der Waals surface area (Å²) < 4.78 is 5.66. The van der Waals surface area contributed by atoms with Crippen LogP contribution in [0.1, 0.15) is 27.2 Å². The first-order chi connectivity index (χ1) is 6.47. The predicted molar refractivity (Wildman–Crippen MR) is 52.9 cm³/mol. The Morgan fingerprint density at radius 1 is 1.79 bits per heavy atom. The molecule has 1 amide bonds.